The van der Waals surface area contributed by atoms with Gasteiger partial charge in [-0.1, -0.05) is 60.7 Å². The van der Waals surface area contributed by atoms with Gasteiger partial charge in [-0.15, -0.1) is 0 Å². The summed E-state index contributed by atoms with van der Waals surface area (Å²) in [5.74, 6) is -2.69. The molecule has 7 rings (SSSR count). The first-order valence-electron chi connectivity index (χ1n) is 18.1. The number of benzene rings is 4. The predicted octanol–water partition coefficient (Wildman–Crippen LogP) is 5.78. The van der Waals surface area contributed by atoms with E-state index < -0.39 is 59.6 Å². The lowest BCUT2D eigenvalue weighted by molar-refractivity contribution is -0.144. The molecule has 6 aromatic rings. The molecule has 56 heavy (non-hydrogen) atoms. The Bertz CT molecular complexity index is 2480. The highest BCUT2D eigenvalue weighted by Crippen LogP contribution is 2.43. The Morgan fingerprint density at radius 3 is 2.41 bits per heavy atom. The zero-order valence-electron chi connectivity index (χ0n) is 30.3. The lowest BCUT2D eigenvalue weighted by Crippen LogP contribution is -2.58. The molecule has 1 aliphatic heterocycles. The van der Waals surface area contributed by atoms with E-state index in [1.165, 1.54) is 11.0 Å². The van der Waals surface area contributed by atoms with Crippen molar-refractivity contribution >= 4 is 51.3 Å². The van der Waals surface area contributed by atoms with Crippen molar-refractivity contribution in [3.05, 3.63) is 148 Å². The minimum Gasteiger partial charge on any atom is -0.493 e. The maximum absolute atomic E-state index is 14.9. The molecule has 13 nitrogen and oxygen atoms in total. The number of aliphatic hydroxyl groups is 1. The fraction of sp³-hybridized carbons (Fsp3) is 0.209. The number of carbonyl (C=O) groups excluding carboxylic acids is 4. The molecule has 0 bridgehead atoms. The summed E-state index contributed by atoms with van der Waals surface area (Å²) in [4.78, 5) is 75.6. The molecule has 0 unspecified atom stereocenters. The Labute approximate surface area is 320 Å². The largest absolute Gasteiger partial charge is 0.493 e. The zero-order chi connectivity index (χ0) is 39.2. The number of pyridine rings is 1. The summed E-state index contributed by atoms with van der Waals surface area (Å²) in [7, 11) is 0. The van der Waals surface area contributed by atoms with Crippen molar-refractivity contribution in [2.45, 2.75) is 38.0 Å². The number of ether oxygens (including phenoxy) is 3. The van der Waals surface area contributed by atoms with Crippen LogP contribution in [0.3, 0.4) is 0 Å². The van der Waals surface area contributed by atoms with Crippen LogP contribution in [0.1, 0.15) is 62.6 Å². The normalized spacial score (nSPS) is 16.2. The molecule has 0 saturated heterocycles. The molecule has 3 heterocycles. The fourth-order valence-corrected chi connectivity index (χ4v) is 6.75. The minimum absolute atomic E-state index is 0.0214. The van der Waals surface area contributed by atoms with Crippen LogP contribution < -0.4 is 20.6 Å². The molecule has 4 aromatic carbocycles. The molecular formula is C43H37N3O10. The summed E-state index contributed by atoms with van der Waals surface area (Å²) in [6.07, 6.45) is -1.65. The van der Waals surface area contributed by atoms with Crippen molar-refractivity contribution in [3.63, 3.8) is 0 Å². The number of esters is 2. The fourth-order valence-electron chi connectivity index (χ4n) is 6.75. The smallest absolute Gasteiger partial charge is 0.351 e. The number of nitrogens with zero attached hydrogens (tertiary/aromatic N) is 2. The predicted molar refractivity (Wildman–Crippen MR) is 206 cm³/mol. The number of anilines is 1. The number of aromatic nitrogens is 1. The first kappa shape index (κ1) is 37.5. The second-order valence-corrected chi connectivity index (χ2v) is 13.0. The summed E-state index contributed by atoms with van der Waals surface area (Å²) < 4.78 is 22.9. The molecule has 2 aromatic heterocycles. The van der Waals surface area contributed by atoms with Crippen molar-refractivity contribution in [2.75, 3.05) is 24.7 Å². The summed E-state index contributed by atoms with van der Waals surface area (Å²) in [6, 6.07) is 29.2. The van der Waals surface area contributed by atoms with Gasteiger partial charge in [0, 0.05) is 34.9 Å². The number of aliphatic hydroxyl groups excluding tert-OH is 1. The Hall–Kier alpha value is -6.86. The van der Waals surface area contributed by atoms with Crippen molar-refractivity contribution < 1.29 is 42.9 Å². The van der Waals surface area contributed by atoms with Crippen molar-refractivity contribution in [1.29, 1.82) is 0 Å². The number of amides is 2. The van der Waals surface area contributed by atoms with Gasteiger partial charge in [-0.25, -0.2) is 14.6 Å². The standard InChI is InChI=1S/C43H37N3O10/c1-2-53-37(48)25-35-39(56-43(52)31-23-28-14-7-9-16-36(28)55-42(31)51)38(45-40(49)27-12-4-3-5-13-27)30-24-29(54-22-10-21-47)18-20-34(30)46(35)41(50)33-19-17-26-11-6-8-15-32(26)44-33/h3-9,11-20,23-24,35,38-39,47H,2,10,21-22,25H2,1H3,(H,45,49)/t35-,38-,39-/m0/s1. The average molecular weight is 756 g/mol. The maximum atomic E-state index is 14.9. The van der Waals surface area contributed by atoms with Crippen LogP contribution in [0.25, 0.3) is 21.9 Å². The van der Waals surface area contributed by atoms with Gasteiger partial charge in [0.25, 0.3) is 11.8 Å². The van der Waals surface area contributed by atoms with Crippen LogP contribution in [-0.2, 0) is 14.3 Å². The number of hydrogen-bond acceptors (Lipinski definition) is 11. The van der Waals surface area contributed by atoms with Gasteiger partial charge in [0.2, 0.25) is 0 Å². The second kappa shape index (κ2) is 16.7. The second-order valence-electron chi connectivity index (χ2n) is 13.0. The highest BCUT2D eigenvalue weighted by molar-refractivity contribution is 6.08. The highest BCUT2D eigenvalue weighted by Gasteiger charge is 2.48. The van der Waals surface area contributed by atoms with E-state index in [1.54, 1.807) is 104 Å². The highest BCUT2D eigenvalue weighted by atomic mass is 16.6. The SMILES string of the molecule is CCOC(=O)C[C@H]1[C@H](OC(=O)c2cc3ccccc3oc2=O)[C@@H](NC(=O)c2ccccc2)c2cc(OCCCO)ccc2N1C(=O)c1ccc2ccccc2n1. The quantitative estimate of drug-likeness (QED) is 0.0880. The third-order valence-electron chi connectivity index (χ3n) is 9.35. The molecule has 0 aliphatic carbocycles. The maximum Gasteiger partial charge on any atom is 0.351 e. The number of fused-ring (bicyclic) bond motifs is 3. The van der Waals surface area contributed by atoms with Crippen molar-refractivity contribution in [1.82, 2.24) is 10.3 Å². The van der Waals surface area contributed by atoms with Crippen molar-refractivity contribution in [2.24, 2.45) is 0 Å². The Morgan fingerprint density at radius 2 is 1.62 bits per heavy atom. The van der Waals surface area contributed by atoms with E-state index in [4.69, 9.17) is 18.6 Å². The molecule has 2 amide bonds. The van der Waals surface area contributed by atoms with E-state index in [2.05, 4.69) is 10.3 Å². The van der Waals surface area contributed by atoms with E-state index >= 15 is 0 Å². The molecule has 0 saturated carbocycles. The summed E-state index contributed by atoms with van der Waals surface area (Å²) >= 11 is 0. The monoisotopic (exact) mass is 755 g/mol. The van der Waals surface area contributed by atoms with E-state index in [9.17, 15) is 29.1 Å². The molecule has 284 valence electrons. The number of para-hydroxylation sites is 2. The lowest BCUT2D eigenvalue weighted by atomic mass is 9.85. The number of carbonyl (C=O) groups is 4. The van der Waals surface area contributed by atoms with Gasteiger partial charge in [-0.2, -0.15) is 0 Å². The van der Waals surface area contributed by atoms with Gasteiger partial charge >= 0.3 is 17.6 Å². The van der Waals surface area contributed by atoms with Gasteiger partial charge in [0.05, 0.1) is 42.9 Å². The first-order valence-corrected chi connectivity index (χ1v) is 18.1. The van der Waals surface area contributed by atoms with Crippen LogP contribution in [0.5, 0.6) is 5.75 Å². The topological polar surface area (TPSA) is 175 Å². The zero-order valence-corrected chi connectivity index (χ0v) is 30.3. The lowest BCUT2D eigenvalue weighted by Gasteiger charge is -2.45. The van der Waals surface area contributed by atoms with Gasteiger partial charge in [0.1, 0.15) is 28.7 Å². The third-order valence-corrected chi connectivity index (χ3v) is 9.35. The van der Waals surface area contributed by atoms with E-state index in [-0.39, 0.29) is 42.3 Å². The molecule has 13 heteroatoms. The number of hydrogen-bond donors (Lipinski definition) is 2. The minimum atomic E-state index is -1.50. The summed E-state index contributed by atoms with van der Waals surface area (Å²) in [6.45, 7) is 1.70. The van der Waals surface area contributed by atoms with Gasteiger partial charge in [0.15, 0.2) is 0 Å². The Balaban J connectivity index is 1.41. The molecular weight excluding hydrogens is 718 g/mol. The molecule has 0 spiro atoms. The molecule has 0 radical (unpaired) electrons. The molecule has 2 N–H and O–H groups in total. The number of nitrogens with one attached hydrogen (secondary N) is 1. The van der Waals surface area contributed by atoms with Crippen LogP contribution >= 0.6 is 0 Å². The molecule has 0 fully saturated rings. The van der Waals surface area contributed by atoms with E-state index in [0.29, 0.717) is 28.6 Å². The molecule has 3 atom stereocenters. The van der Waals surface area contributed by atoms with Gasteiger partial charge in [-0.05, 0) is 61.5 Å². The van der Waals surface area contributed by atoms with E-state index in [0.717, 1.165) is 5.39 Å². The van der Waals surface area contributed by atoms with Crippen LogP contribution in [0.4, 0.5) is 5.69 Å². The Morgan fingerprint density at radius 1 is 0.875 bits per heavy atom. The number of rotatable bonds is 12. The Kier molecular flexibility index (Phi) is 11.1. The summed E-state index contributed by atoms with van der Waals surface area (Å²) in [5.41, 5.74) is 0.269. The van der Waals surface area contributed by atoms with Crippen LogP contribution in [-0.4, -0.2) is 65.8 Å². The van der Waals surface area contributed by atoms with Gasteiger partial charge in [-0.3, -0.25) is 19.3 Å². The molecule has 1 aliphatic rings. The summed E-state index contributed by atoms with van der Waals surface area (Å²) in [5, 5.41) is 13.6. The van der Waals surface area contributed by atoms with Crippen LogP contribution in [0.2, 0.25) is 0 Å². The van der Waals surface area contributed by atoms with E-state index in [1.807, 2.05) is 12.1 Å². The average Bonchev–Trinajstić information content (AvgIpc) is 3.21. The van der Waals surface area contributed by atoms with Crippen LogP contribution in [0.15, 0.2) is 124 Å². The van der Waals surface area contributed by atoms with Crippen LogP contribution in [0, 0.1) is 0 Å². The van der Waals surface area contributed by atoms with Crippen molar-refractivity contribution in [3.8, 4) is 5.75 Å². The van der Waals surface area contributed by atoms with Gasteiger partial charge < -0.3 is 29.1 Å². The first-order chi connectivity index (χ1) is 27.2. The third kappa shape index (κ3) is 7.84.